The molecule has 2 rings (SSSR count). The molecule has 34 heavy (non-hydrogen) atoms. The van der Waals surface area contributed by atoms with E-state index in [1.807, 2.05) is 0 Å². The second-order valence-corrected chi connectivity index (χ2v) is 6.52. The molecule has 195 valence electrons. The summed E-state index contributed by atoms with van der Waals surface area (Å²) < 4.78 is 19.7. The maximum Gasteiger partial charge on any atom is 1.00 e. The van der Waals surface area contributed by atoms with Gasteiger partial charge in [0.15, 0.2) is 0 Å². The van der Waals surface area contributed by atoms with Crippen LogP contribution in [-0.2, 0) is 26.5 Å². The van der Waals surface area contributed by atoms with Gasteiger partial charge in [-0.2, -0.15) is 0 Å². The van der Waals surface area contributed by atoms with Crippen molar-refractivity contribution < 1.29 is 84.8 Å². The molecule has 10 heteroatoms. The first kappa shape index (κ1) is 34.9. The molecule has 1 radical (unpaired) electrons. The van der Waals surface area contributed by atoms with Crippen molar-refractivity contribution in [3.05, 3.63) is 47.5 Å². The minimum absolute atomic E-state index is 0. The summed E-state index contributed by atoms with van der Waals surface area (Å²) in [5.74, 6) is 0.447. The minimum atomic E-state index is -0.125. The van der Waals surface area contributed by atoms with Gasteiger partial charge < -0.3 is 29.2 Å². The van der Waals surface area contributed by atoms with Gasteiger partial charge in [0.2, 0.25) is 0 Å². The molecule has 2 aromatic rings. The van der Waals surface area contributed by atoms with E-state index < -0.39 is 0 Å². The van der Waals surface area contributed by atoms with E-state index in [1.54, 1.807) is 63.0 Å². The van der Waals surface area contributed by atoms with Crippen LogP contribution in [0.25, 0.3) is 0 Å². The maximum atomic E-state index is 11.7. The van der Waals surface area contributed by atoms with Gasteiger partial charge in [-0.05, 0) is 36.1 Å². The van der Waals surface area contributed by atoms with E-state index in [2.05, 4.69) is 9.98 Å². The van der Waals surface area contributed by atoms with Crippen LogP contribution in [0.5, 0.6) is 23.0 Å². The third kappa shape index (κ3) is 13.6. The number of hydrogen-bond donors (Lipinski definition) is 0. The van der Waals surface area contributed by atoms with Gasteiger partial charge in [-0.15, -0.1) is 0 Å². The topological polar surface area (TPSA) is 108 Å². The summed E-state index contributed by atoms with van der Waals surface area (Å²) in [4.78, 5) is 8.31. The van der Waals surface area contributed by atoms with Gasteiger partial charge in [-0.3, -0.25) is 9.98 Å². The normalized spacial score (nSPS) is 10.2. The Labute approximate surface area is 243 Å². The molecule has 0 heterocycles. The Morgan fingerprint density at radius 2 is 1.09 bits per heavy atom. The number of nitrogens with zero attached hydrogens (tertiary/aromatic N) is 2. The Kier molecular flexibility index (Phi) is 22.8. The molecule has 0 bridgehead atoms. The quantitative estimate of drug-likeness (QED) is 0.196. The van der Waals surface area contributed by atoms with Crippen molar-refractivity contribution in [2.24, 2.45) is 9.98 Å². The average Bonchev–Trinajstić information content (AvgIpc) is 2.81. The van der Waals surface area contributed by atoms with Gasteiger partial charge in [-0.25, -0.2) is 0 Å². The van der Waals surface area contributed by atoms with Crippen LogP contribution < -0.4 is 19.7 Å². The van der Waals surface area contributed by atoms with Crippen molar-refractivity contribution in [3.63, 3.8) is 0 Å². The second kappa shape index (κ2) is 22.2. The van der Waals surface area contributed by atoms with Crippen LogP contribution in [0.4, 0.5) is 0 Å². The molecule has 0 N–H and O–H groups in total. The number of ether oxygens (including phenoxy) is 4. The van der Waals surface area contributed by atoms with Crippen LogP contribution in [0, 0.1) is 38.6 Å². The fourth-order valence-corrected chi connectivity index (χ4v) is 2.52. The largest absolute Gasteiger partial charge is 1.00 e. The Bertz CT molecular complexity index is 783. The zero-order valence-corrected chi connectivity index (χ0v) is 22.9. The van der Waals surface area contributed by atoms with Crippen molar-refractivity contribution in [3.8, 4) is 23.0 Å². The first-order chi connectivity index (χ1) is 15.6. The maximum absolute atomic E-state index is 11.7. The number of rotatable bonds is 12. The van der Waals surface area contributed by atoms with Crippen LogP contribution in [0.1, 0.15) is 24.0 Å². The Balaban J connectivity index is 0. The van der Waals surface area contributed by atoms with Crippen molar-refractivity contribution in [1.29, 1.82) is 0 Å². The third-order valence-corrected chi connectivity index (χ3v) is 4.19. The molecule has 2 aromatic carbocycles. The first-order valence-corrected chi connectivity index (χ1v) is 10.2. The summed E-state index contributed by atoms with van der Waals surface area (Å²) in [7, 11) is 6.27. The van der Waals surface area contributed by atoms with Crippen LogP contribution in [-0.4, -0.2) is 67.2 Å². The van der Waals surface area contributed by atoms with Gasteiger partial charge in [0.05, 0.1) is 14.2 Å². The molecule has 0 aliphatic heterocycles. The average molecular weight is 667 g/mol. The Morgan fingerprint density at radius 3 is 1.41 bits per heavy atom. The molecule has 0 unspecified atom stereocenters. The Morgan fingerprint density at radius 1 is 0.706 bits per heavy atom. The summed E-state index contributed by atoms with van der Waals surface area (Å²) in [6.07, 6.45) is 4.87. The molecule has 0 amide bonds. The van der Waals surface area contributed by atoms with Crippen LogP contribution in [0.3, 0.4) is 0 Å². The van der Waals surface area contributed by atoms with E-state index in [-0.39, 0.29) is 67.2 Å². The van der Waals surface area contributed by atoms with Gasteiger partial charge in [0.1, 0.15) is 11.5 Å². The molecule has 0 spiro atoms. The van der Waals surface area contributed by atoms with Gasteiger partial charge in [0, 0.05) is 91.6 Å². The predicted octanol–water partition coefficient (Wildman–Crippen LogP) is 2.45. The zero-order valence-electron chi connectivity index (χ0n) is 19.8. The standard InChI is InChI=1S/2C12H17NO3.Cu.Tb/c2*1-15-8-4-7-13-9-10-5-3-6-11(16-2)12(10)14;;/h2*3,5-6,9,14H,4,7-8H2,1-2H3;;/q;;+1;/p-2. The van der Waals surface area contributed by atoms with Gasteiger partial charge >= 0.3 is 17.1 Å². The van der Waals surface area contributed by atoms with E-state index >= 15 is 0 Å². The third-order valence-electron chi connectivity index (χ3n) is 4.19. The fraction of sp³-hybridized carbons (Fsp3) is 0.417. The van der Waals surface area contributed by atoms with Gasteiger partial charge in [0.25, 0.3) is 0 Å². The molecule has 0 atom stereocenters. The zero-order chi connectivity index (χ0) is 23.6. The molecule has 0 aliphatic carbocycles. The van der Waals surface area contributed by atoms with E-state index in [0.29, 0.717) is 48.9 Å². The van der Waals surface area contributed by atoms with E-state index in [9.17, 15) is 10.2 Å². The summed E-state index contributed by atoms with van der Waals surface area (Å²) >= 11 is 0. The van der Waals surface area contributed by atoms with Crippen molar-refractivity contribution in [1.82, 2.24) is 0 Å². The summed E-state index contributed by atoms with van der Waals surface area (Å²) in [5, 5.41) is 23.4. The van der Waals surface area contributed by atoms with Crippen molar-refractivity contribution in [2.45, 2.75) is 12.8 Å². The predicted molar refractivity (Wildman–Crippen MR) is 123 cm³/mol. The molecule has 0 saturated carbocycles. The fourth-order valence-electron chi connectivity index (χ4n) is 2.52. The van der Waals surface area contributed by atoms with E-state index in [4.69, 9.17) is 18.9 Å². The molecular formula is C24H32CuN2O6Tb-. The second-order valence-electron chi connectivity index (χ2n) is 6.52. The van der Waals surface area contributed by atoms with Crippen molar-refractivity contribution >= 4 is 12.4 Å². The Hall–Kier alpha value is -1.29. The van der Waals surface area contributed by atoms with Crippen LogP contribution in [0.15, 0.2) is 46.4 Å². The van der Waals surface area contributed by atoms with E-state index in [1.165, 1.54) is 14.2 Å². The van der Waals surface area contributed by atoms with Gasteiger partial charge in [-0.1, -0.05) is 35.8 Å². The molecule has 8 nitrogen and oxygen atoms in total. The summed E-state index contributed by atoms with van der Waals surface area (Å²) in [6.45, 7) is 2.67. The summed E-state index contributed by atoms with van der Waals surface area (Å²) in [6, 6.07) is 10.3. The smallest absolute Gasteiger partial charge is 0.870 e. The SMILES string of the molecule is COCCCN=Cc1cccc(OC)c1[O-].COCCCN=Cc1cccc(OC)c1[O-].[Cu+].[Tb]. The van der Waals surface area contributed by atoms with E-state index in [0.717, 1.165) is 12.8 Å². The molecule has 0 aliphatic rings. The number of hydrogen-bond acceptors (Lipinski definition) is 8. The minimum Gasteiger partial charge on any atom is -0.870 e. The van der Waals surface area contributed by atoms with Crippen molar-refractivity contribution in [2.75, 3.05) is 54.7 Å². The summed E-state index contributed by atoms with van der Waals surface area (Å²) in [5.41, 5.74) is 1.11. The molecular weight excluding hydrogens is 635 g/mol. The number of methoxy groups -OCH3 is 4. The van der Waals surface area contributed by atoms with Crippen LogP contribution >= 0.6 is 0 Å². The molecule has 0 saturated heterocycles. The number of aliphatic imine (C=N–C) groups is 2. The number of para-hydroxylation sites is 2. The first-order valence-electron chi connectivity index (χ1n) is 10.2. The van der Waals surface area contributed by atoms with Crippen LogP contribution in [0.2, 0.25) is 0 Å². The number of benzene rings is 2. The monoisotopic (exact) mass is 666 g/mol. The molecule has 0 fully saturated rings. The molecule has 0 aromatic heterocycles.